The number of carbonyl (C=O) groups excluding carboxylic acids is 1. The molecule has 5 nitrogen and oxygen atoms in total. The van der Waals surface area contributed by atoms with Gasteiger partial charge in [-0.25, -0.2) is 0 Å². The molecule has 1 aromatic rings. The third-order valence-electron chi connectivity index (χ3n) is 2.83. The third-order valence-corrected chi connectivity index (χ3v) is 2.83. The van der Waals surface area contributed by atoms with Gasteiger partial charge in [-0.05, 0) is 25.0 Å². The van der Waals surface area contributed by atoms with Crippen molar-refractivity contribution in [2.24, 2.45) is 0 Å². The van der Waals surface area contributed by atoms with E-state index in [0.29, 0.717) is 6.54 Å². The number of aliphatic hydroxyl groups excluding tert-OH is 1. The summed E-state index contributed by atoms with van der Waals surface area (Å²) in [7, 11) is 1.44. The highest BCUT2D eigenvalue weighted by molar-refractivity contribution is 5.97. The summed E-state index contributed by atoms with van der Waals surface area (Å²) in [6.45, 7) is 0.769. The van der Waals surface area contributed by atoms with Gasteiger partial charge in [-0.2, -0.15) is 0 Å². The van der Waals surface area contributed by atoms with Gasteiger partial charge in [-0.3, -0.25) is 4.79 Å². The molecule has 0 aliphatic rings. The molecular weight excluding hydrogens is 246 g/mol. The lowest BCUT2D eigenvalue weighted by Gasteiger charge is -2.09. The number of phenols is 1. The Morgan fingerprint density at radius 1 is 1.26 bits per heavy atom. The van der Waals surface area contributed by atoms with Gasteiger partial charge in [0.15, 0.2) is 11.5 Å². The number of phenolic OH excluding ortho intramolecular Hbond substituents is 1. The number of benzene rings is 1. The van der Waals surface area contributed by atoms with Crippen LogP contribution in [0.1, 0.15) is 36.0 Å². The van der Waals surface area contributed by atoms with Gasteiger partial charge in [0.2, 0.25) is 0 Å². The lowest BCUT2D eigenvalue weighted by Crippen LogP contribution is -2.24. The number of hydrogen-bond donors (Lipinski definition) is 3. The van der Waals surface area contributed by atoms with Crippen molar-refractivity contribution in [3.05, 3.63) is 23.8 Å². The van der Waals surface area contributed by atoms with Crippen LogP contribution in [0, 0.1) is 0 Å². The van der Waals surface area contributed by atoms with Gasteiger partial charge in [0, 0.05) is 13.2 Å². The molecule has 3 N–H and O–H groups in total. The van der Waals surface area contributed by atoms with Crippen LogP contribution in [-0.2, 0) is 0 Å². The minimum Gasteiger partial charge on any atom is -0.504 e. The normalized spacial score (nSPS) is 10.2. The van der Waals surface area contributed by atoms with Crippen LogP contribution < -0.4 is 10.1 Å². The maximum atomic E-state index is 11.9. The fourth-order valence-electron chi connectivity index (χ4n) is 1.76. The maximum Gasteiger partial charge on any atom is 0.255 e. The average molecular weight is 267 g/mol. The summed E-state index contributed by atoms with van der Waals surface area (Å²) in [4.78, 5) is 11.9. The van der Waals surface area contributed by atoms with Crippen molar-refractivity contribution in [1.29, 1.82) is 0 Å². The molecule has 106 valence electrons. The Hall–Kier alpha value is -1.75. The molecule has 0 aliphatic heterocycles. The molecule has 0 heterocycles. The van der Waals surface area contributed by atoms with Crippen molar-refractivity contribution in [2.75, 3.05) is 20.3 Å². The summed E-state index contributed by atoms with van der Waals surface area (Å²) in [5, 5.41) is 21.2. The molecule has 5 heteroatoms. The predicted molar refractivity (Wildman–Crippen MR) is 72.5 cm³/mol. The van der Waals surface area contributed by atoms with Gasteiger partial charge in [0.1, 0.15) is 0 Å². The van der Waals surface area contributed by atoms with E-state index in [1.165, 1.54) is 7.11 Å². The van der Waals surface area contributed by atoms with Crippen LogP contribution in [0.25, 0.3) is 0 Å². The summed E-state index contributed by atoms with van der Waals surface area (Å²) < 4.78 is 4.95. The first-order valence-corrected chi connectivity index (χ1v) is 6.45. The third kappa shape index (κ3) is 4.79. The van der Waals surface area contributed by atoms with Gasteiger partial charge in [0.05, 0.1) is 12.7 Å². The van der Waals surface area contributed by atoms with Crippen LogP contribution in [0.5, 0.6) is 11.5 Å². The van der Waals surface area contributed by atoms with Crippen LogP contribution in [0.3, 0.4) is 0 Å². The van der Waals surface area contributed by atoms with E-state index in [4.69, 9.17) is 9.84 Å². The van der Waals surface area contributed by atoms with Crippen LogP contribution >= 0.6 is 0 Å². The zero-order chi connectivity index (χ0) is 14.1. The molecule has 0 aliphatic carbocycles. The Balaban J connectivity index is 2.41. The minimum absolute atomic E-state index is 0.136. The Bertz CT molecular complexity index is 406. The Morgan fingerprint density at radius 2 is 2.00 bits per heavy atom. The van der Waals surface area contributed by atoms with E-state index in [1.54, 1.807) is 18.2 Å². The fraction of sp³-hybridized carbons (Fsp3) is 0.500. The topological polar surface area (TPSA) is 78.8 Å². The highest BCUT2D eigenvalue weighted by Gasteiger charge is 2.13. The van der Waals surface area contributed by atoms with E-state index in [9.17, 15) is 9.90 Å². The molecule has 0 spiro atoms. The smallest absolute Gasteiger partial charge is 0.255 e. The molecule has 0 atom stereocenters. The van der Waals surface area contributed by atoms with E-state index in [-0.39, 0.29) is 29.6 Å². The van der Waals surface area contributed by atoms with Crippen LogP contribution in [0.15, 0.2) is 18.2 Å². The quantitative estimate of drug-likeness (QED) is 0.626. The number of unbranched alkanes of at least 4 members (excludes halogenated alkanes) is 3. The van der Waals surface area contributed by atoms with E-state index < -0.39 is 0 Å². The predicted octanol–water partition coefficient (Wildman–Crippen LogP) is 1.68. The van der Waals surface area contributed by atoms with Gasteiger partial charge in [0.25, 0.3) is 5.91 Å². The SMILES string of the molecule is COc1cccc(C(=O)NCCCCCCO)c1O. The molecule has 0 bridgehead atoms. The van der Waals surface area contributed by atoms with Crippen molar-refractivity contribution in [1.82, 2.24) is 5.32 Å². The van der Waals surface area contributed by atoms with Gasteiger partial charge in [-0.1, -0.05) is 18.9 Å². The first-order valence-electron chi connectivity index (χ1n) is 6.45. The molecule has 0 radical (unpaired) electrons. The minimum atomic E-state index is -0.307. The van der Waals surface area contributed by atoms with Gasteiger partial charge < -0.3 is 20.3 Å². The molecule has 1 aromatic carbocycles. The molecule has 1 rings (SSSR count). The number of rotatable bonds is 8. The van der Waals surface area contributed by atoms with Crippen LogP contribution in [0.4, 0.5) is 0 Å². The Kier molecular flexibility index (Phi) is 6.74. The number of hydrogen-bond acceptors (Lipinski definition) is 4. The summed E-state index contributed by atoms with van der Waals surface area (Å²) in [5.41, 5.74) is 0.217. The lowest BCUT2D eigenvalue weighted by molar-refractivity contribution is 0.0949. The number of amides is 1. The molecule has 0 saturated carbocycles. The summed E-state index contributed by atoms with van der Waals surface area (Å²) in [6, 6.07) is 4.81. The molecule has 0 saturated heterocycles. The van der Waals surface area contributed by atoms with E-state index in [1.807, 2.05) is 0 Å². The first kappa shape index (κ1) is 15.3. The number of aromatic hydroxyl groups is 1. The summed E-state index contributed by atoms with van der Waals surface area (Å²) in [6.07, 6.45) is 3.57. The number of carbonyl (C=O) groups is 1. The second-order valence-corrected chi connectivity index (χ2v) is 4.25. The van der Waals surface area contributed by atoms with Crippen LogP contribution in [0.2, 0.25) is 0 Å². The fourth-order valence-corrected chi connectivity index (χ4v) is 1.76. The monoisotopic (exact) mass is 267 g/mol. The number of methoxy groups -OCH3 is 1. The highest BCUT2D eigenvalue weighted by atomic mass is 16.5. The average Bonchev–Trinajstić information content (AvgIpc) is 2.42. The molecular formula is C14H21NO4. The number of para-hydroxylation sites is 1. The molecule has 0 unspecified atom stereocenters. The first-order chi connectivity index (χ1) is 9.20. The van der Waals surface area contributed by atoms with Crippen LogP contribution in [-0.4, -0.2) is 36.4 Å². The van der Waals surface area contributed by atoms with Crippen molar-refractivity contribution < 1.29 is 19.7 Å². The van der Waals surface area contributed by atoms with E-state index in [0.717, 1.165) is 25.7 Å². The standard InChI is InChI=1S/C14H21NO4/c1-19-12-8-6-7-11(13(12)17)14(18)15-9-4-2-3-5-10-16/h6-8,16-17H,2-5,9-10H2,1H3,(H,15,18). The zero-order valence-corrected chi connectivity index (χ0v) is 11.2. The second-order valence-electron chi connectivity index (χ2n) is 4.25. The molecule has 1 amide bonds. The van der Waals surface area contributed by atoms with Crippen molar-refractivity contribution >= 4 is 5.91 Å². The van der Waals surface area contributed by atoms with Gasteiger partial charge >= 0.3 is 0 Å². The number of aliphatic hydroxyl groups is 1. The van der Waals surface area contributed by atoms with Crippen molar-refractivity contribution in [3.8, 4) is 11.5 Å². The maximum absolute atomic E-state index is 11.9. The largest absolute Gasteiger partial charge is 0.504 e. The number of ether oxygens (including phenoxy) is 1. The van der Waals surface area contributed by atoms with Crippen molar-refractivity contribution in [3.63, 3.8) is 0 Å². The Labute approximate surface area is 113 Å². The number of nitrogens with one attached hydrogen (secondary N) is 1. The second kappa shape index (κ2) is 8.37. The molecule has 0 aromatic heterocycles. The lowest BCUT2D eigenvalue weighted by atomic mass is 10.1. The highest BCUT2D eigenvalue weighted by Crippen LogP contribution is 2.29. The zero-order valence-electron chi connectivity index (χ0n) is 11.2. The summed E-state index contributed by atoms with van der Waals surface area (Å²) >= 11 is 0. The van der Waals surface area contributed by atoms with E-state index in [2.05, 4.69) is 5.32 Å². The van der Waals surface area contributed by atoms with E-state index >= 15 is 0 Å². The summed E-state index contributed by atoms with van der Waals surface area (Å²) in [5.74, 6) is -0.156. The van der Waals surface area contributed by atoms with Crippen molar-refractivity contribution in [2.45, 2.75) is 25.7 Å². The molecule has 0 fully saturated rings. The Morgan fingerprint density at radius 3 is 2.68 bits per heavy atom. The van der Waals surface area contributed by atoms with Gasteiger partial charge in [-0.15, -0.1) is 0 Å². The molecule has 19 heavy (non-hydrogen) atoms.